The standard InChI is InChI=1S/C20H22N2O4/c1-15(16-8-4-2-5-9-16)12-21-18(23)14-26-19(24)13-22-20(25)17-10-6-3-7-11-17/h2-11,15H,12-14H2,1H3,(H,21,23)(H,22,25)/t15-/m1/s1. The van der Waals surface area contributed by atoms with Crippen molar-refractivity contribution < 1.29 is 19.1 Å². The van der Waals surface area contributed by atoms with Gasteiger partial charge >= 0.3 is 5.97 Å². The fraction of sp³-hybridized carbons (Fsp3) is 0.250. The molecule has 2 N–H and O–H groups in total. The molecule has 6 heteroatoms. The number of carbonyl (C=O) groups is 3. The fourth-order valence-corrected chi connectivity index (χ4v) is 2.26. The van der Waals surface area contributed by atoms with E-state index in [1.165, 1.54) is 0 Å². The summed E-state index contributed by atoms with van der Waals surface area (Å²) in [6.07, 6.45) is 0. The molecule has 2 rings (SSSR count). The molecular formula is C20H22N2O4. The summed E-state index contributed by atoms with van der Waals surface area (Å²) in [6, 6.07) is 18.3. The smallest absolute Gasteiger partial charge is 0.325 e. The summed E-state index contributed by atoms with van der Waals surface area (Å²) in [4.78, 5) is 35.2. The molecule has 0 aliphatic heterocycles. The first-order chi connectivity index (χ1) is 12.6. The molecule has 0 aliphatic carbocycles. The fourth-order valence-electron chi connectivity index (χ4n) is 2.26. The van der Waals surface area contributed by atoms with Crippen molar-refractivity contribution in [1.29, 1.82) is 0 Å². The Morgan fingerprint density at radius 3 is 2.19 bits per heavy atom. The Morgan fingerprint density at radius 1 is 0.923 bits per heavy atom. The van der Waals surface area contributed by atoms with E-state index in [1.807, 2.05) is 37.3 Å². The lowest BCUT2D eigenvalue weighted by molar-refractivity contribution is -0.147. The van der Waals surface area contributed by atoms with Crippen molar-refractivity contribution in [1.82, 2.24) is 10.6 Å². The van der Waals surface area contributed by atoms with Crippen LogP contribution in [0.5, 0.6) is 0 Å². The van der Waals surface area contributed by atoms with Gasteiger partial charge in [0.2, 0.25) is 0 Å². The predicted molar refractivity (Wildman–Crippen MR) is 97.6 cm³/mol. The normalized spacial score (nSPS) is 11.3. The number of hydrogen-bond acceptors (Lipinski definition) is 4. The highest BCUT2D eigenvalue weighted by Crippen LogP contribution is 2.12. The molecule has 0 bridgehead atoms. The Balaban J connectivity index is 1.64. The van der Waals surface area contributed by atoms with Crippen molar-refractivity contribution in [3.05, 3.63) is 71.8 Å². The molecule has 0 radical (unpaired) electrons. The van der Waals surface area contributed by atoms with E-state index >= 15 is 0 Å². The number of esters is 1. The SMILES string of the molecule is C[C@H](CNC(=O)COC(=O)CNC(=O)c1ccccc1)c1ccccc1. The first-order valence-electron chi connectivity index (χ1n) is 8.37. The molecule has 0 aromatic heterocycles. The van der Waals surface area contributed by atoms with Crippen LogP contribution in [0.4, 0.5) is 0 Å². The van der Waals surface area contributed by atoms with Crippen molar-refractivity contribution in [3.8, 4) is 0 Å². The van der Waals surface area contributed by atoms with Crippen LogP contribution in [0.25, 0.3) is 0 Å². The maximum Gasteiger partial charge on any atom is 0.325 e. The van der Waals surface area contributed by atoms with Gasteiger partial charge in [0.05, 0.1) is 0 Å². The molecule has 2 aromatic carbocycles. The van der Waals surface area contributed by atoms with Crippen LogP contribution in [0, 0.1) is 0 Å². The molecule has 2 aromatic rings. The quantitative estimate of drug-likeness (QED) is 0.709. The molecule has 26 heavy (non-hydrogen) atoms. The Kier molecular flexibility index (Phi) is 7.36. The highest BCUT2D eigenvalue weighted by molar-refractivity contribution is 5.96. The average molecular weight is 354 g/mol. The monoisotopic (exact) mass is 354 g/mol. The second-order valence-corrected chi connectivity index (χ2v) is 5.83. The van der Waals surface area contributed by atoms with Crippen molar-refractivity contribution >= 4 is 17.8 Å². The number of hydrogen-bond donors (Lipinski definition) is 2. The van der Waals surface area contributed by atoms with E-state index in [2.05, 4.69) is 10.6 Å². The first kappa shape index (κ1) is 19.2. The van der Waals surface area contributed by atoms with Crippen molar-refractivity contribution in [2.75, 3.05) is 19.7 Å². The average Bonchev–Trinajstić information content (AvgIpc) is 2.69. The summed E-state index contributed by atoms with van der Waals surface area (Å²) in [6.45, 7) is 1.79. The van der Waals surface area contributed by atoms with Crippen LogP contribution in [-0.2, 0) is 14.3 Å². The minimum atomic E-state index is -0.666. The van der Waals surface area contributed by atoms with Gasteiger partial charge in [0.1, 0.15) is 6.54 Å². The van der Waals surface area contributed by atoms with E-state index in [-0.39, 0.29) is 30.9 Å². The zero-order valence-corrected chi connectivity index (χ0v) is 14.6. The maximum absolute atomic E-state index is 11.8. The lowest BCUT2D eigenvalue weighted by Gasteiger charge is -2.13. The molecule has 136 valence electrons. The number of amides is 2. The van der Waals surface area contributed by atoms with E-state index in [4.69, 9.17) is 4.74 Å². The Bertz CT molecular complexity index is 732. The molecule has 0 spiro atoms. The highest BCUT2D eigenvalue weighted by Gasteiger charge is 2.11. The van der Waals surface area contributed by atoms with Crippen LogP contribution in [0.15, 0.2) is 60.7 Å². The van der Waals surface area contributed by atoms with E-state index in [1.54, 1.807) is 30.3 Å². The van der Waals surface area contributed by atoms with Crippen LogP contribution < -0.4 is 10.6 Å². The number of nitrogens with one attached hydrogen (secondary N) is 2. The summed E-state index contributed by atoms with van der Waals surface area (Å²) >= 11 is 0. The van der Waals surface area contributed by atoms with Gasteiger partial charge in [0, 0.05) is 12.1 Å². The molecule has 0 saturated heterocycles. The Hall–Kier alpha value is -3.15. The van der Waals surface area contributed by atoms with Crippen molar-refractivity contribution in [2.24, 2.45) is 0 Å². The zero-order chi connectivity index (χ0) is 18.8. The predicted octanol–water partition coefficient (Wildman–Crippen LogP) is 1.88. The summed E-state index contributed by atoms with van der Waals surface area (Å²) in [5.74, 6) is -1.26. The Morgan fingerprint density at radius 2 is 1.54 bits per heavy atom. The number of carbonyl (C=O) groups excluding carboxylic acids is 3. The number of benzene rings is 2. The summed E-state index contributed by atoms with van der Waals surface area (Å²) < 4.78 is 4.86. The van der Waals surface area contributed by atoms with Gasteiger partial charge in [-0.05, 0) is 23.6 Å². The Labute approximate surface area is 152 Å². The second-order valence-electron chi connectivity index (χ2n) is 5.83. The van der Waals surface area contributed by atoms with Crippen molar-refractivity contribution in [2.45, 2.75) is 12.8 Å². The van der Waals surface area contributed by atoms with Gasteiger partial charge in [-0.25, -0.2) is 0 Å². The largest absolute Gasteiger partial charge is 0.454 e. The van der Waals surface area contributed by atoms with Crippen LogP contribution in [0.3, 0.4) is 0 Å². The topological polar surface area (TPSA) is 84.5 Å². The van der Waals surface area contributed by atoms with Gasteiger partial charge < -0.3 is 15.4 Å². The third kappa shape index (κ3) is 6.39. The summed E-state index contributed by atoms with van der Waals surface area (Å²) in [7, 11) is 0. The van der Waals surface area contributed by atoms with E-state index in [9.17, 15) is 14.4 Å². The van der Waals surface area contributed by atoms with Gasteiger partial charge in [-0.2, -0.15) is 0 Å². The van der Waals surface area contributed by atoms with Crippen LogP contribution in [0.2, 0.25) is 0 Å². The van der Waals surface area contributed by atoms with E-state index < -0.39 is 5.97 Å². The lowest BCUT2D eigenvalue weighted by Crippen LogP contribution is -2.35. The summed E-state index contributed by atoms with van der Waals surface area (Å²) in [5.41, 5.74) is 1.57. The molecular weight excluding hydrogens is 332 g/mol. The molecule has 0 saturated carbocycles. The van der Waals surface area contributed by atoms with E-state index in [0.717, 1.165) is 5.56 Å². The molecule has 6 nitrogen and oxygen atoms in total. The van der Waals surface area contributed by atoms with Crippen molar-refractivity contribution in [3.63, 3.8) is 0 Å². The van der Waals surface area contributed by atoms with Gasteiger partial charge in [-0.15, -0.1) is 0 Å². The van der Waals surface area contributed by atoms with Gasteiger partial charge in [0.25, 0.3) is 11.8 Å². The third-order valence-corrected chi connectivity index (χ3v) is 3.77. The van der Waals surface area contributed by atoms with Gasteiger partial charge in [-0.1, -0.05) is 55.5 Å². The third-order valence-electron chi connectivity index (χ3n) is 3.77. The molecule has 2 amide bonds. The van der Waals surface area contributed by atoms with Crippen LogP contribution in [0.1, 0.15) is 28.8 Å². The van der Waals surface area contributed by atoms with E-state index in [0.29, 0.717) is 12.1 Å². The minimum absolute atomic E-state index is 0.154. The molecule has 0 heterocycles. The molecule has 0 unspecified atom stereocenters. The molecule has 0 aliphatic rings. The second kappa shape index (κ2) is 9.98. The lowest BCUT2D eigenvalue weighted by atomic mass is 10.0. The molecule has 0 fully saturated rings. The minimum Gasteiger partial charge on any atom is -0.454 e. The zero-order valence-electron chi connectivity index (χ0n) is 14.6. The number of rotatable bonds is 8. The number of ether oxygens (including phenoxy) is 1. The first-order valence-corrected chi connectivity index (χ1v) is 8.37. The van der Waals surface area contributed by atoms with Crippen LogP contribution in [-0.4, -0.2) is 37.5 Å². The highest BCUT2D eigenvalue weighted by atomic mass is 16.5. The van der Waals surface area contributed by atoms with Gasteiger partial charge in [-0.3, -0.25) is 14.4 Å². The molecule has 1 atom stereocenters. The summed E-state index contributed by atoms with van der Waals surface area (Å²) in [5, 5.41) is 5.17. The van der Waals surface area contributed by atoms with Gasteiger partial charge in [0.15, 0.2) is 6.61 Å². The van der Waals surface area contributed by atoms with Crippen LogP contribution >= 0.6 is 0 Å². The maximum atomic E-state index is 11.8.